The predicted molar refractivity (Wildman–Crippen MR) is 114 cm³/mol. The molecule has 0 aliphatic rings. The van der Waals surface area contributed by atoms with Gasteiger partial charge in [-0.15, -0.1) is 0 Å². The van der Waals surface area contributed by atoms with Crippen LogP contribution in [0.2, 0.25) is 5.02 Å². The number of aryl methyl sites for hydroxylation is 1. The molecular weight excluding hydrogens is 416 g/mol. The molecule has 0 radical (unpaired) electrons. The molecule has 8 nitrogen and oxygen atoms in total. The van der Waals surface area contributed by atoms with Gasteiger partial charge in [-0.3, -0.25) is 14.3 Å². The van der Waals surface area contributed by atoms with Gasteiger partial charge in [0.1, 0.15) is 18.5 Å². The van der Waals surface area contributed by atoms with Crippen LogP contribution in [-0.4, -0.2) is 42.2 Å². The quantitative estimate of drug-likeness (QED) is 0.523. The number of benzene rings is 1. The van der Waals surface area contributed by atoms with Gasteiger partial charge in [0.2, 0.25) is 0 Å². The Morgan fingerprint density at radius 1 is 1.31 bits per heavy atom. The summed E-state index contributed by atoms with van der Waals surface area (Å²) in [5.74, 6) is 0.582. The van der Waals surface area contributed by atoms with E-state index in [1.807, 2.05) is 0 Å². The van der Waals surface area contributed by atoms with Crippen LogP contribution in [-0.2, 0) is 13.6 Å². The molecule has 0 aliphatic carbocycles. The summed E-state index contributed by atoms with van der Waals surface area (Å²) in [5.41, 5.74) is -0.518. The molecule has 2 atom stereocenters. The molecule has 1 aromatic carbocycles. The number of aliphatic hydroxyl groups excluding tert-OH is 1. The Bertz CT molecular complexity index is 1110. The topological polar surface area (TPSA) is 102 Å². The highest BCUT2D eigenvalue weighted by atomic mass is 35.5. The second-order valence-corrected chi connectivity index (χ2v) is 8.59. The molecule has 29 heavy (non-hydrogen) atoms. The largest absolute Gasteiger partial charge is 0.491 e. The Hall–Kier alpha value is -2.23. The summed E-state index contributed by atoms with van der Waals surface area (Å²) in [6.45, 7) is 4.24. The van der Waals surface area contributed by atoms with E-state index in [0.717, 1.165) is 6.42 Å². The first-order valence-corrected chi connectivity index (χ1v) is 10.5. The summed E-state index contributed by atoms with van der Waals surface area (Å²) in [6, 6.07) is 6.83. The molecule has 0 aliphatic heterocycles. The minimum Gasteiger partial charge on any atom is -0.491 e. The highest BCUT2D eigenvalue weighted by molar-refractivity contribution is 7.99. The van der Waals surface area contributed by atoms with Crippen LogP contribution in [0.1, 0.15) is 20.3 Å². The van der Waals surface area contributed by atoms with Gasteiger partial charge in [-0.2, -0.15) is 0 Å². The number of thioether (sulfide) groups is 1. The van der Waals surface area contributed by atoms with Gasteiger partial charge >= 0.3 is 5.69 Å². The molecule has 0 spiro atoms. The Morgan fingerprint density at radius 2 is 2.00 bits per heavy atom. The molecule has 0 saturated heterocycles. The first kappa shape index (κ1) is 21.5. The number of aliphatic hydroxyl groups is 1. The second-order valence-electron chi connectivity index (χ2n) is 6.75. The number of fused-ring (bicyclic) bond motifs is 1. The number of aromatic nitrogens is 4. The molecule has 3 aromatic rings. The molecule has 0 amide bonds. The van der Waals surface area contributed by atoms with Gasteiger partial charge in [0.05, 0.1) is 6.54 Å². The average molecular weight is 439 g/mol. The number of nitrogens with one attached hydrogen (secondary N) is 1. The van der Waals surface area contributed by atoms with Crippen LogP contribution in [0.5, 0.6) is 5.75 Å². The number of hydrogen-bond acceptors (Lipinski definition) is 6. The van der Waals surface area contributed by atoms with Crippen molar-refractivity contribution in [3.63, 3.8) is 0 Å². The van der Waals surface area contributed by atoms with Gasteiger partial charge in [-0.05, 0) is 30.7 Å². The molecule has 0 unspecified atom stereocenters. The normalized spacial score (nSPS) is 13.6. The number of imidazole rings is 1. The SMILES string of the molecule is CC[C@@H](C)Sc1nc2c(c(=O)[nH]c(=O)n2C)n1C[C@H](O)COc1ccc(Cl)cc1. The summed E-state index contributed by atoms with van der Waals surface area (Å²) in [4.78, 5) is 31.2. The fourth-order valence-corrected chi connectivity index (χ4v) is 3.81. The zero-order chi connectivity index (χ0) is 21.1. The number of hydrogen-bond donors (Lipinski definition) is 2. The van der Waals surface area contributed by atoms with Crippen molar-refractivity contribution in [2.75, 3.05) is 6.61 Å². The maximum absolute atomic E-state index is 12.5. The summed E-state index contributed by atoms with van der Waals surface area (Å²) >= 11 is 7.35. The van der Waals surface area contributed by atoms with Gasteiger partial charge in [-0.1, -0.05) is 37.2 Å². The highest BCUT2D eigenvalue weighted by Gasteiger charge is 2.21. The van der Waals surface area contributed by atoms with E-state index >= 15 is 0 Å². The standard InChI is InChI=1S/C19H23ClN4O4S/c1-4-11(2)29-19-21-16-15(17(26)22-18(27)23(16)3)24(19)9-13(25)10-28-14-7-5-12(20)6-8-14/h5-8,11,13,25H,4,9-10H2,1-3H3,(H,22,26,27)/t11-,13+/m1/s1. The molecule has 2 heterocycles. The number of aromatic amines is 1. The van der Waals surface area contributed by atoms with E-state index in [9.17, 15) is 14.7 Å². The number of ether oxygens (including phenoxy) is 1. The van der Waals surface area contributed by atoms with Crippen LogP contribution in [0.15, 0.2) is 39.0 Å². The van der Waals surface area contributed by atoms with E-state index in [2.05, 4.69) is 23.8 Å². The van der Waals surface area contributed by atoms with E-state index in [1.54, 1.807) is 35.9 Å². The predicted octanol–water partition coefficient (Wildman–Crippen LogP) is 2.41. The third-order valence-electron chi connectivity index (χ3n) is 4.50. The molecule has 2 N–H and O–H groups in total. The van der Waals surface area contributed by atoms with Crippen molar-refractivity contribution < 1.29 is 9.84 Å². The lowest BCUT2D eigenvalue weighted by Crippen LogP contribution is -2.30. The summed E-state index contributed by atoms with van der Waals surface area (Å²) < 4.78 is 8.56. The minimum absolute atomic E-state index is 0.0262. The smallest absolute Gasteiger partial charge is 0.329 e. The maximum atomic E-state index is 12.5. The van der Waals surface area contributed by atoms with E-state index in [1.165, 1.54) is 16.3 Å². The van der Waals surface area contributed by atoms with Crippen molar-refractivity contribution in [2.45, 2.75) is 43.3 Å². The van der Waals surface area contributed by atoms with Crippen LogP contribution >= 0.6 is 23.4 Å². The zero-order valence-corrected chi connectivity index (χ0v) is 18.0. The lowest BCUT2D eigenvalue weighted by atomic mass is 10.3. The monoisotopic (exact) mass is 438 g/mol. The van der Waals surface area contributed by atoms with Crippen molar-refractivity contribution >= 4 is 34.5 Å². The third kappa shape index (κ3) is 4.85. The van der Waals surface area contributed by atoms with Crippen molar-refractivity contribution in [1.29, 1.82) is 0 Å². The van der Waals surface area contributed by atoms with Crippen molar-refractivity contribution in [2.24, 2.45) is 7.05 Å². The van der Waals surface area contributed by atoms with Crippen molar-refractivity contribution in [3.8, 4) is 5.75 Å². The molecular formula is C19H23ClN4O4S. The van der Waals surface area contributed by atoms with Gasteiger partial charge in [0, 0.05) is 17.3 Å². The Labute approximate surface area is 176 Å². The second kappa shape index (κ2) is 9.06. The number of halogens is 1. The van der Waals surface area contributed by atoms with Crippen LogP contribution in [0.3, 0.4) is 0 Å². The van der Waals surface area contributed by atoms with E-state index < -0.39 is 17.4 Å². The minimum atomic E-state index is -0.893. The van der Waals surface area contributed by atoms with Gasteiger partial charge in [-0.25, -0.2) is 9.78 Å². The van der Waals surface area contributed by atoms with Crippen molar-refractivity contribution in [3.05, 3.63) is 50.1 Å². The van der Waals surface area contributed by atoms with Gasteiger partial charge in [0.15, 0.2) is 16.3 Å². The number of H-pyrrole nitrogens is 1. The Kier molecular flexibility index (Phi) is 6.71. The zero-order valence-electron chi connectivity index (χ0n) is 16.4. The molecule has 3 rings (SSSR count). The van der Waals surface area contributed by atoms with E-state index in [0.29, 0.717) is 15.9 Å². The third-order valence-corrected chi connectivity index (χ3v) is 6.01. The van der Waals surface area contributed by atoms with Crippen LogP contribution in [0.4, 0.5) is 0 Å². The van der Waals surface area contributed by atoms with E-state index in [4.69, 9.17) is 16.3 Å². The van der Waals surface area contributed by atoms with Crippen LogP contribution < -0.4 is 16.0 Å². The highest BCUT2D eigenvalue weighted by Crippen LogP contribution is 2.27. The average Bonchev–Trinajstić information content (AvgIpc) is 3.04. The fraction of sp³-hybridized carbons (Fsp3) is 0.421. The molecule has 0 bridgehead atoms. The molecule has 2 aromatic heterocycles. The van der Waals surface area contributed by atoms with E-state index in [-0.39, 0.29) is 29.6 Å². The number of nitrogens with zero attached hydrogens (tertiary/aromatic N) is 3. The molecule has 156 valence electrons. The maximum Gasteiger partial charge on any atom is 0.329 e. The first-order chi connectivity index (χ1) is 13.8. The molecule has 10 heteroatoms. The lowest BCUT2D eigenvalue weighted by Gasteiger charge is -2.16. The van der Waals surface area contributed by atoms with Gasteiger partial charge < -0.3 is 14.4 Å². The Balaban J connectivity index is 1.90. The van der Waals surface area contributed by atoms with Crippen LogP contribution in [0.25, 0.3) is 11.2 Å². The van der Waals surface area contributed by atoms with Gasteiger partial charge in [0.25, 0.3) is 5.56 Å². The van der Waals surface area contributed by atoms with Crippen molar-refractivity contribution in [1.82, 2.24) is 19.1 Å². The summed E-state index contributed by atoms with van der Waals surface area (Å²) in [7, 11) is 1.55. The first-order valence-electron chi connectivity index (χ1n) is 9.22. The Morgan fingerprint density at radius 3 is 2.66 bits per heavy atom. The lowest BCUT2D eigenvalue weighted by molar-refractivity contribution is 0.0914. The summed E-state index contributed by atoms with van der Waals surface area (Å²) in [6.07, 6.45) is 0.0155. The summed E-state index contributed by atoms with van der Waals surface area (Å²) in [5, 5.41) is 12.0. The molecule has 0 saturated carbocycles. The number of rotatable bonds is 8. The molecule has 0 fully saturated rings. The van der Waals surface area contributed by atoms with Crippen LogP contribution in [0, 0.1) is 0 Å². The fourth-order valence-electron chi connectivity index (χ4n) is 2.72.